The Morgan fingerprint density at radius 3 is 2.35 bits per heavy atom. The van der Waals surface area contributed by atoms with Crippen molar-refractivity contribution in [3.05, 3.63) is 0 Å². The van der Waals surface area contributed by atoms with E-state index in [1.807, 2.05) is 0 Å². The minimum absolute atomic E-state index is 0.166. The van der Waals surface area contributed by atoms with E-state index in [0.29, 0.717) is 0 Å². The number of rotatable bonds is 7. The van der Waals surface area contributed by atoms with Crippen molar-refractivity contribution in [2.24, 2.45) is 11.8 Å². The van der Waals surface area contributed by atoms with Gasteiger partial charge in [0.1, 0.15) is 0 Å². The lowest BCUT2D eigenvalue weighted by molar-refractivity contribution is -0.0664. The highest BCUT2D eigenvalue weighted by Gasteiger charge is 2.35. The number of hydrogen-bond donors (Lipinski definition) is 0. The molecule has 0 amide bonds. The molecule has 1 saturated carbocycles. The molecule has 0 N–H and O–H groups in total. The van der Waals surface area contributed by atoms with E-state index in [1.165, 1.54) is 25.7 Å². The van der Waals surface area contributed by atoms with E-state index >= 15 is 0 Å². The second-order valence-electron chi connectivity index (χ2n) is 5.59. The third kappa shape index (κ3) is 5.03. The standard InChI is InChI=1S/C14H27IO2/c1-12(2)13-5-7-14(11-15,8-6-13)17-10-4-9-16-3/h12-13H,4-11H2,1-3H3. The Hall–Kier alpha value is 0.650. The maximum atomic E-state index is 6.16. The van der Waals surface area contributed by atoms with Gasteiger partial charge in [0.2, 0.25) is 0 Å². The van der Waals surface area contributed by atoms with Gasteiger partial charge >= 0.3 is 0 Å². The van der Waals surface area contributed by atoms with E-state index < -0.39 is 0 Å². The Kier molecular flexibility index (Phi) is 7.34. The summed E-state index contributed by atoms with van der Waals surface area (Å²) >= 11 is 2.49. The average Bonchev–Trinajstić information content (AvgIpc) is 2.35. The van der Waals surface area contributed by atoms with Gasteiger partial charge in [-0.15, -0.1) is 0 Å². The van der Waals surface area contributed by atoms with Crippen LogP contribution in [0, 0.1) is 11.8 Å². The summed E-state index contributed by atoms with van der Waals surface area (Å²) in [7, 11) is 1.75. The van der Waals surface area contributed by atoms with Gasteiger partial charge in [-0.25, -0.2) is 0 Å². The molecule has 0 saturated heterocycles. The summed E-state index contributed by atoms with van der Waals surface area (Å²) in [6, 6.07) is 0. The fourth-order valence-corrected chi connectivity index (χ4v) is 3.62. The number of ether oxygens (including phenoxy) is 2. The zero-order chi connectivity index (χ0) is 12.7. The quantitative estimate of drug-likeness (QED) is 0.390. The lowest BCUT2D eigenvalue weighted by atomic mass is 9.75. The minimum atomic E-state index is 0.166. The summed E-state index contributed by atoms with van der Waals surface area (Å²) in [5.74, 6) is 1.74. The number of halogens is 1. The highest BCUT2D eigenvalue weighted by atomic mass is 127. The van der Waals surface area contributed by atoms with E-state index in [-0.39, 0.29) is 5.60 Å². The number of hydrogen-bond acceptors (Lipinski definition) is 2. The summed E-state index contributed by atoms with van der Waals surface area (Å²) < 4.78 is 12.4. The second kappa shape index (κ2) is 7.95. The van der Waals surface area contributed by atoms with Crippen LogP contribution in [0.3, 0.4) is 0 Å². The molecule has 0 bridgehead atoms. The molecule has 0 atom stereocenters. The zero-order valence-electron chi connectivity index (χ0n) is 11.5. The van der Waals surface area contributed by atoms with Gasteiger partial charge in [-0.2, -0.15) is 0 Å². The summed E-state index contributed by atoms with van der Waals surface area (Å²) in [6.45, 7) is 6.36. The Bertz CT molecular complexity index is 198. The van der Waals surface area contributed by atoms with Crippen LogP contribution in [-0.2, 0) is 9.47 Å². The fourth-order valence-electron chi connectivity index (χ4n) is 2.64. The first-order valence-corrected chi connectivity index (χ1v) is 8.35. The van der Waals surface area contributed by atoms with Crippen LogP contribution in [0.5, 0.6) is 0 Å². The van der Waals surface area contributed by atoms with E-state index in [0.717, 1.165) is 35.9 Å². The van der Waals surface area contributed by atoms with Gasteiger partial charge in [0.25, 0.3) is 0 Å². The number of methoxy groups -OCH3 is 1. The van der Waals surface area contributed by atoms with Gasteiger partial charge in [0.15, 0.2) is 0 Å². The molecule has 17 heavy (non-hydrogen) atoms. The molecule has 0 aromatic rings. The SMILES string of the molecule is COCCCOC1(CI)CCC(C(C)C)CC1. The Morgan fingerprint density at radius 1 is 1.24 bits per heavy atom. The van der Waals surface area contributed by atoms with Gasteiger partial charge < -0.3 is 9.47 Å². The van der Waals surface area contributed by atoms with Crippen LogP contribution in [0.25, 0.3) is 0 Å². The van der Waals surface area contributed by atoms with Crippen molar-refractivity contribution in [3.63, 3.8) is 0 Å². The molecule has 3 heteroatoms. The predicted octanol–water partition coefficient (Wildman–Crippen LogP) is 4.06. The van der Waals surface area contributed by atoms with Crippen molar-refractivity contribution in [1.29, 1.82) is 0 Å². The lowest BCUT2D eigenvalue weighted by Gasteiger charge is -2.40. The first-order chi connectivity index (χ1) is 8.13. The van der Waals surface area contributed by atoms with Gasteiger partial charge in [-0.3, -0.25) is 0 Å². The first-order valence-electron chi connectivity index (χ1n) is 6.82. The van der Waals surface area contributed by atoms with Crippen molar-refractivity contribution in [2.75, 3.05) is 24.8 Å². The van der Waals surface area contributed by atoms with E-state index in [9.17, 15) is 0 Å². The molecule has 0 spiro atoms. The average molecular weight is 354 g/mol. The maximum absolute atomic E-state index is 6.16. The van der Waals surface area contributed by atoms with Gasteiger partial charge in [-0.05, 0) is 43.9 Å². The molecular weight excluding hydrogens is 327 g/mol. The number of alkyl halides is 1. The van der Waals surface area contributed by atoms with E-state index in [2.05, 4.69) is 36.4 Å². The van der Waals surface area contributed by atoms with Crippen LogP contribution in [0.4, 0.5) is 0 Å². The summed E-state index contributed by atoms with van der Waals surface area (Å²) in [5.41, 5.74) is 0.166. The molecule has 0 aromatic heterocycles. The summed E-state index contributed by atoms with van der Waals surface area (Å²) in [4.78, 5) is 0. The van der Waals surface area contributed by atoms with Crippen LogP contribution < -0.4 is 0 Å². The Labute approximate surface area is 120 Å². The molecule has 0 aromatic carbocycles. The van der Waals surface area contributed by atoms with Crippen LogP contribution >= 0.6 is 22.6 Å². The lowest BCUT2D eigenvalue weighted by Crippen LogP contribution is -2.40. The van der Waals surface area contributed by atoms with Crippen LogP contribution in [0.1, 0.15) is 46.0 Å². The normalized spacial score (nSPS) is 29.8. The molecule has 1 rings (SSSR count). The summed E-state index contributed by atoms with van der Waals surface area (Å²) in [6.07, 6.45) is 6.18. The topological polar surface area (TPSA) is 18.5 Å². The zero-order valence-corrected chi connectivity index (χ0v) is 13.7. The third-order valence-electron chi connectivity index (χ3n) is 4.03. The van der Waals surface area contributed by atoms with Gasteiger partial charge in [0.05, 0.1) is 5.60 Å². The molecule has 0 radical (unpaired) electrons. The molecule has 102 valence electrons. The molecule has 0 heterocycles. The Balaban J connectivity index is 2.33. The highest BCUT2D eigenvalue weighted by molar-refractivity contribution is 14.1. The van der Waals surface area contributed by atoms with Crippen LogP contribution in [0.2, 0.25) is 0 Å². The monoisotopic (exact) mass is 354 g/mol. The van der Waals surface area contributed by atoms with Gasteiger partial charge in [0, 0.05) is 24.8 Å². The summed E-state index contributed by atoms with van der Waals surface area (Å²) in [5, 5.41) is 0. The predicted molar refractivity (Wildman–Crippen MR) is 80.9 cm³/mol. The maximum Gasteiger partial charge on any atom is 0.0771 e. The van der Waals surface area contributed by atoms with Crippen LogP contribution in [-0.4, -0.2) is 30.4 Å². The van der Waals surface area contributed by atoms with Crippen molar-refractivity contribution in [2.45, 2.75) is 51.6 Å². The largest absolute Gasteiger partial charge is 0.385 e. The molecular formula is C14H27IO2. The highest BCUT2D eigenvalue weighted by Crippen LogP contribution is 2.39. The molecule has 1 aliphatic rings. The molecule has 2 nitrogen and oxygen atoms in total. The second-order valence-corrected chi connectivity index (χ2v) is 6.36. The van der Waals surface area contributed by atoms with Crippen molar-refractivity contribution in [1.82, 2.24) is 0 Å². The molecule has 0 unspecified atom stereocenters. The first kappa shape index (κ1) is 15.7. The van der Waals surface area contributed by atoms with Gasteiger partial charge in [-0.1, -0.05) is 36.4 Å². The van der Waals surface area contributed by atoms with Crippen LogP contribution in [0.15, 0.2) is 0 Å². The van der Waals surface area contributed by atoms with E-state index in [1.54, 1.807) is 7.11 Å². The third-order valence-corrected chi connectivity index (χ3v) is 5.42. The van der Waals surface area contributed by atoms with E-state index in [4.69, 9.17) is 9.47 Å². The Morgan fingerprint density at radius 2 is 1.88 bits per heavy atom. The molecule has 1 fully saturated rings. The minimum Gasteiger partial charge on any atom is -0.385 e. The molecule has 1 aliphatic carbocycles. The van der Waals surface area contributed by atoms with Crippen molar-refractivity contribution < 1.29 is 9.47 Å². The molecule has 0 aliphatic heterocycles. The smallest absolute Gasteiger partial charge is 0.0771 e. The van der Waals surface area contributed by atoms with Crippen molar-refractivity contribution >= 4 is 22.6 Å². The fraction of sp³-hybridized carbons (Fsp3) is 1.00. The van der Waals surface area contributed by atoms with Crippen molar-refractivity contribution in [3.8, 4) is 0 Å².